The van der Waals surface area contributed by atoms with Crippen LogP contribution in [0.5, 0.6) is 0 Å². The molecule has 1 saturated heterocycles. The van der Waals surface area contributed by atoms with E-state index in [-0.39, 0.29) is 11.9 Å². The van der Waals surface area contributed by atoms with Crippen molar-refractivity contribution in [1.29, 1.82) is 0 Å². The van der Waals surface area contributed by atoms with Gasteiger partial charge in [-0.15, -0.1) is 0 Å². The number of carbonyl (C=O) groups is 1. The molecule has 5 nitrogen and oxygen atoms in total. The van der Waals surface area contributed by atoms with Gasteiger partial charge in [0.2, 0.25) is 5.91 Å². The third-order valence-electron chi connectivity index (χ3n) is 2.83. The van der Waals surface area contributed by atoms with Crippen molar-refractivity contribution >= 4 is 5.91 Å². The van der Waals surface area contributed by atoms with Crippen LogP contribution in [0.3, 0.4) is 0 Å². The highest BCUT2D eigenvalue weighted by Gasteiger charge is 2.23. The Balaban J connectivity index is 1.96. The van der Waals surface area contributed by atoms with Gasteiger partial charge in [-0.05, 0) is 13.8 Å². The van der Waals surface area contributed by atoms with Crippen LogP contribution in [0.1, 0.15) is 18.4 Å². The monoisotopic (exact) mass is 223 g/mol. The van der Waals surface area contributed by atoms with Gasteiger partial charge in [0.05, 0.1) is 12.1 Å². The van der Waals surface area contributed by atoms with Crippen molar-refractivity contribution in [2.45, 2.75) is 26.3 Å². The molecule has 0 bridgehead atoms. The Morgan fingerprint density at radius 3 is 3.19 bits per heavy atom. The number of rotatable bonds is 2. The molecule has 0 aromatic carbocycles. The van der Waals surface area contributed by atoms with Gasteiger partial charge in [-0.2, -0.15) is 0 Å². The first-order valence-corrected chi connectivity index (χ1v) is 5.59. The fourth-order valence-corrected chi connectivity index (χ4v) is 1.97. The normalized spacial score (nSPS) is 21.1. The highest BCUT2D eigenvalue weighted by atomic mass is 16.5. The van der Waals surface area contributed by atoms with Gasteiger partial charge in [-0.25, -0.2) is 0 Å². The molecular weight excluding hydrogens is 206 g/mol. The lowest BCUT2D eigenvalue weighted by atomic mass is 10.2. The Hall–Kier alpha value is -1.36. The van der Waals surface area contributed by atoms with E-state index in [1.54, 1.807) is 0 Å². The minimum Gasteiger partial charge on any atom is -0.361 e. The van der Waals surface area contributed by atoms with E-state index in [0.29, 0.717) is 12.1 Å². The number of nitrogens with zero attached hydrogens (tertiary/aromatic N) is 2. The summed E-state index contributed by atoms with van der Waals surface area (Å²) in [5.41, 5.74) is 0.716. The topological polar surface area (TPSA) is 58.4 Å². The Labute approximate surface area is 94.8 Å². The number of amides is 1. The van der Waals surface area contributed by atoms with Crippen molar-refractivity contribution in [3.8, 4) is 0 Å². The average Bonchev–Trinajstić information content (AvgIpc) is 2.64. The SMILES string of the molecule is Cc1cc(CC(=O)N2CCNC[C@H]2C)no1. The van der Waals surface area contributed by atoms with Gasteiger partial charge < -0.3 is 14.7 Å². The average molecular weight is 223 g/mol. The first-order valence-electron chi connectivity index (χ1n) is 5.59. The zero-order valence-corrected chi connectivity index (χ0v) is 9.69. The van der Waals surface area contributed by atoms with Crippen LogP contribution >= 0.6 is 0 Å². The molecule has 16 heavy (non-hydrogen) atoms. The maximum absolute atomic E-state index is 12.0. The van der Waals surface area contributed by atoms with E-state index in [9.17, 15) is 4.79 Å². The molecule has 1 atom stereocenters. The summed E-state index contributed by atoms with van der Waals surface area (Å²) in [4.78, 5) is 13.9. The summed E-state index contributed by atoms with van der Waals surface area (Å²) in [5, 5.41) is 7.10. The van der Waals surface area contributed by atoms with Gasteiger partial charge in [0.25, 0.3) is 0 Å². The summed E-state index contributed by atoms with van der Waals surface area (Å²) in [6, 6.07) is 2.07. The van der Waals surface area contributed by atoms with Crippen LogP contribution in [0.25, 0.3) is 0 Å². The number of aryl methyl sites for hydroxylation is 1. The van der Waals surface area contributed by atoms with E-state index < -0.39 is 0 Å². The van der Waals surface area contributed by atoms with Crippen molar-refractivity contribution in [3.05, 3.63) is 17.5 Å². The van der Waals surface area contributed by atoms with Crippen molar-refractivity contribution in [1.82, 2.24) is 15.4 Å². The Bertz CT molecular complexity index is 375. The number of carbonyl (C=O) groups excluding carboxylic acids is 1. The van der Waals surface area contributed by atoms with E-state index in [4.69, 9.17) is 4.52 Å². The van der Waals surface area contributed by atoms with E-state index in [2.05, 4.69) is 17.4 Å². The zero-order chi connectivity index (χ0) is 11.5. The molecule has 1 N–H and O–H groups in total. The Kier molecular flexibility index (Phi) is 3.24. The lowest BCUT2D eigenvalue weighted by molar-refractivity contribution is -0.133. The van der Waals surface area contributed by atoms with Crippen molar-refractivity contribution < 1.29 is 9.32 Å². The summed E-state index contributed by atoms with van der Waals surface area (Å²) >= 11 is 0. The molecule has 1 aromatic heterocycles. The summed E-state index contributed by atoms with van der Waals surface area (Å²) < 4.78 is 4.95. The highest BCUT2D eigenvalue weighted by Crippen LogP contribution is 2.08. The third-order valence-corrected chi connectivity index (χ3v) is 2.83. The van der Waals surface area contributed by atoms with E-state index >= 15 is 0 Å². The first kappa shape index (κ1) is 11.1. The summed E-state index contributed by atoms with van der Waals surface area (Å²) in [7, 11) is 0. The molecule has 1 fully saturated rings. The lowest BCUT2D eigenvalue weighted by Gasteiger charge is -2.33. The molecule has 1 aliphatic rings. The van der Waals surface area contributed by atoms with Gasteiger partial charge in [0, 0.05) is 31.7 Å². The predicted molar refractivity (Wildman–Crippen MR) is 59.0 cm³/mol. The van der Waals surface area contributed by atoms with E-state index in [1.807, 2.05) is 17.9 Å². The summed E-state index contributed by atoms with van der Waals surface area (Å²) in [6.45, 7) is 6.39. The molecule has 1 aromatic rings. The van der Waals surface area contributed by atoms with Crippen LogP contribution in [0.2, 0.25) is 0 Å². The molecular formula is C11H17N3O2. The van der Waals surface area contributed by atoms with Gasteiger partial charge in [-0.3, -0.25) is 4.79 Å². The zero-order valence-electron chi connectivity index (χ0n) is 9.69. The third kappa shape index (κ3) is 2.41. The van der Waals surface area contributed by atoms with Gasteiger partial charge in [0.15, 0.2) is 0 Å². The van der Waals surface area contributed by atoms with Crippen molar-refractivity contribution in [2.24, 2.45) is 0 Å². The fourth-order valence-electron chi connectivity index (χ4n) is 1.97. The molecule has 0 radical (unpaired) electrons. The highest BCUT2D eigenvalue weighted by molar-refractivity contribution is 5.78. The Morgan fingerprint density at radius 1 is 1.75 bits per heavy atom. The van der Waals surface area contributed by atoms with Gasteiger partial charge in [0.1, 0.15) is 5.76 Å². The number of hydrogen-bond donors (Lipinski definition) is 1. The molecule has 0 saturated carbocycles. The number of hydrogen-bond acceptors (Lipinski definition) is 4. The van der Waals surface area contributed by atoms with E-state index in [0.717, 1.165) is 25.4 Å². The maximum Gasteiger partial charge on any atom is 0.229 e. The van der Waals surface area contributed by atoms with Crippen LogP contribution in [0, 0.1) is 6.92 Å². The molecule has 5 heteroatoms. The standard InChI is InChI=1S/C11H17N3O2/c1-8-7-12-3-4-14(8)11(15)6-10-5-9(2)16-13-10/h5,8,12H,3-4,6-7H2,1-2H3/t8-/m1/s1. The van der Waals surface area contributed by atoms with Crippen LogP contribution < -0.4 is 5.32 Å². The second kappa shape index (κ2) is 4.65. The van der Waals surface area contributed by atoms with Crippen LogP contribution in [-0.4, -0.2) is 41.6 Å². The molecule has 88 valence electrons. The van der Waals surface area contributed by atoms with Crippen LogP contribution in [0.15, 0.2) is 10.6 Å². The summed E-state index contributed by atoms with van der Waals surface area (Å²) in [6.07, 6.45) is 0.335. The molecule has 0 unspecified atom stereocenters. The molecule has 1 amide bonds. The summed E-state index contributed by atoms with van der Waals surface area (Å²) in [5.74, 6) is 0.874. The first-order chi connectivity index (χ1) is 7.66. The van der Waals surface area contributed by atoms with Crippen molar-refractivity contribution in [2.75, 3.05) is 19.6 Å². The second-order valence-corrected chi connectivity index (χ2v) is 4.25. The number of piperazine rings is 1. The van der Waals surface area contributed by atoms with Crippen LogP contribution in [-0.2, 0) is 11.2 Å². The quantitative estimate of drug-likeness (QED) is 0.785. The van der Waals surface area contributed by atoms with Crippen molar-refractivity contribution in [3.63, 3.8) is 0 Å². The van der Waals surface area contributed by atoms with Gasteiger partial charge in [-0.1, -0.05) is 5.16 Å². The largest absolute Gasteiger partial charge is 0.361 e. The smallest absolute Gasteiger partial charge is 0.229 e. The molecule has 2 heterocycles. The lowest BCUT2D eigenvalue weighted by Crippen LogP contribution is -2.52. The molecule has 1 aliphatic heterocycles. The maximum atomic E-state index is 12.0. The van der Waals surface area contributed by atoms with E-state index in [1.165, 1.54) is 0 Å². The number of nitrogens with one attached hydrogen (secondary N) is 1. The second-order valence-electron chi connectivity index (χ2n) is 4.25. The minimum absolute atomic E-state index is 0.127. The fraction of sp³-hybridized carbons (Fsp3) is 0.636. The minimum atomic E-state index is 0.127. The predicted octanol–water partition coefficient (Wildman–Crippen LogP) is 0.346. The number of aromatic nitrogens is 1. The Morgan fingerprint density at radius 2 is 2.56 bits per heavy atom. The molecule has 0 aliphatic carbocycles. The van der Waals surface area contributed by atoms with Gasteiger partial charge >= 0.3 is 0 Å². The van der Waals surface area contributed by atoms with Crippen LogP contribution in [0.4, 0.5) is 0 Å². The molecule has 2 rings (SSSR count). The molecule has 0 spiro atoms.